The fourth-order valence-electron chi connectivity index (χ4n) is 3.72. The highest BCUT2D eigenvalue weighted by Crippen LogP contribution is 2.21. The Bertz CT molecular complexity index is 1450. The smallest absolute Gasteiger partial charge is 0.251 e. The van der Waals surface area contributed by atoms with Gasteiger partial charge in [0.05, 0.1) is 5.56 Å². The van der Waals surface area contributed by atoms with Gasteiger partial charge in [-0.05, 0) is 68.5 Å². The molecule has 0 saturated carbocycles. The van der Waals surface area contributed by atoms with Crippen LogP contribution in [0.2, 0.25) is 0 Å². The first kappa shape index (κ1) is 25.7. The minimum absolute atomic E-state index is 0.149. The molecular weight excluding hydrogens is 462 g/mol. The molecule has 1 amide bonds. The number of pyridine rings is 2. The molecule has 0 spiro atoms. The van der Waals surface area contributed by atoms with Gasteiger partial charge in [0.25, 0.3) is 5.91 Å². The molecule has 0 radical (unpaired) electrons. The number of hydrogen-bond acceptors (Lipinski definition) is 6. The number of aryl methyl sites for hydroxylation is 1. The highest BCUT2D eigenvalue weighted by molar-refractivity contribution is 5.95. The van der Waals surface area contributed by atoms with Gasteiger partial charge >= 0.3 is 0 Å². The summed E-state index contributed by atoms with van der Waals surface area (Å²) in [5.74, 6) is 7.82. The zero-order valence-corrected chi connectivity index (χ0v) is 21.6. The molecule has 0 aliphatic rings. The number of carbonyl (C=O) groups excluding carboxylic acids is 1. The normalized spacial score (nSPS) is 10.6. The number of likely N-dealkylation sites (N-methyl/N-ethyl adjacent to an activating group) is 1. The van der Waals surface area contributed by atoms with Crippen LogP contribution in [0.5, 0.6) is 5.75 Å². The first-order chi connectivity index (χ1) is 17.9. The number of fused-ring (bicyclic) bond motifs is 1. The summed E-state index contributed by atoms with van der Waals surface area (Å²) in [6.07, 6.45) is 3.48. The fraction of sp³-hybridized carbons (Fsp3) is 0.233. The number of ether oxygens (including phenoxy) is 1. The second-order valence-corrected chi connectivity index (χ2v) is 8.93. The van der Waals surface area contributed by atoms with Gasteiger partial charge in [0, 0.05) is 49.0 Å². The summed E-state index contributed by atoms with van der Waals surface area (Å²) in [5, 5.41) is 6.98. The highest BCUT2D eigenvalue weighted by atomic mass is 16.5. The molecule has 0 fully saturated rings. The van der Waals surface area contributed by atoms with Crippen molar-refractivity contribution in [1.29, 1.82) is 0 Å². The van der Waals surface area contributed by atoms with E-state index in [0.717, 1.165) is 45.5 Å². The van der Waals surface area contributed by atoms with Crippen molar-refractivity contribution in [3.8, 4) is 17.6 Å². The Morgan fingerprint density at radius 1 is 1.03 bits per heavy atom. The standard InChI is InChI=1S/C30H31N5O2/c1-21-7-10-24(30(36)34-19-22-8-13-26(14-9-22)37-17-16-35(3)4)18-23(21)11-12-25-20-33-29(31-2)28-27(25)6-5-15-32-28/h5-10,13-15,18,20H,16-17,19H2,1-4H3,(H,31,33)(H,34,36). The molecular formula is C30H31N5O2. The molecule has 2 aromatic carbocycles. The lowest BCUT2D eigenvalue weighted by atomic mass is 10.0. The lowest BCUT2D eigenvalue weighted by Gasteiger charge is -2.11. The number of nitrogens with one attached hydrogen (secondary N) is 2. The molecule has 0 unspecified atom stereocenters. The SMILES string of the molecule is CNc1ncc(C#Cc2cc(C(=O)NCc3ccc(OCCN(C)C)cc3)ccc2C)c2cccnc12. The molecule has 2 heterocycles. The third kappa shape index (κ3) is 6.63. The zero-order chi connectivity index (χ0) is 26.2. The van der Waals surface area contributed by atoms with E-state index in [4.69, 9.17) is 4.74 Å². The van der Waals surface area contributed by atoms with Gasteiger partial charge < -0.3 is 20.3 Å². The van der Waals surface area contributed by atoms with E-state index in [1.807, 2.05) is 82.7 Å². The van der Waals surface area contributed by atoms with Crippen molar-refractivity contribution >= 4 is 22.6 Å². The van der Waals surface area contributed by atoms with Crippen LogP contribution >= 0.6 is 0 Å². The highest BCUT2D eigenvalue weighted by Gasteiger charge is 2.09. The average molecular weight is 494 g/mol. The molecule has 2 N–H and O–H groups in total. The van der Waals surface area contributed by atoms with Crippen LogP contribution in [0.4, 0.5) is 5.82 Å². The minimum Gasteiger partial charge on any atom is -0.492 e. The Morgan fingerprint density at radius 2 is 1.81 bits per heavy atom. The van der Waals surface area contributed by atoms with Crippen molar-refractivity contribution < 1.29 is 9.53 Å². The summed E-state index contributed by atoms with van der Waals surface area (Å²) >= 11 is 0. The summed E-state index contributed by atoms with van der Waals surface area (Å²) in [4.78, 5) is 23.8. The van der Waals surface area contributed by atoms with Crippen LogP contribution in [0.15, 0.2) is 67.0 Å². The molecule has 37 heavy (non-hydrogen) atoms. The Labute approximate surface area is 217 Å². The fourth-order valence-corrected chi connectivity index (χ4v) is 3.72. The van der Waals surface area contributed by atoms with Gasteiger partial charge in [0.2, 0.25) is 0 Å². The molecule has 0 atom stereocenters. The van der Waals surface area contributed by atoms with E-state index < -0.39 is 0 Å². The van der Waals surface area contributed by atoms with Gasteiger partial charge in [-0.3, -0.25) is 9.78 Å². The first-order valence-corrected chi connectivity index (χ1v) is 12.1. The third-order valence-electron chi connectivity index (χ3n) is 5.90. The van der Waals surface area contributed by atoms with Crippen LogP contribution in [-0.2, 0) is 6.54 Å². The van der Waals surface area contributed by atoms with E-state index in [1.54, 1.807) is 12.4 Å². The van der Waals surface area contributed by atoms with Crippen molar-refractivity contribution in [3.05, 3.63) is 94.8 Å². The predicted molar refractivity (Wildman–Crippen MR) is 148 cm³/mol. The topological polar surface area (TPSA) is 79.4 Å². The van der Waals surface area contributed by atoms with E-state index in [2.05, 4.69) is 37.3 Å². The van der Waals surface area contributed by atoms with Crippen molar-refractivity contribution in [3.63, 3.8) is 0 Å². The van der Waals surface area contributed by atoms with E-state index in [9.17, 15) is 4.79 Å². The molecule has 2 aromatic heterocycles. The predicted octanol–water partition coefficient (Wildman–Crippen LogP) is 4.25. The Kier molecular flexibility index (Phi) is 8.34. The number of benzene rings is 2. The van der Waals surface area contributed by atoms with Crippen LogP contribution in [-0.4, -0.2) is 55.1 Å². The lowest BCUT2D eigenvalue weighted by Crippen LogP contribution is -2.23. The Morgan fingerprint density at radius 3 is 2.57 bits per heavy atom. The summed E-state index contributed by atoms with van der Waals surface area (Å²) in [6, 6.07) is 17.2. The van der Waals surface area contributed by atoms with Crippen LogP contribution in [0.1, 0.15) is 32.6 Å². The summed E-state index contributed by atoms with van der Waals surface area (Å²) < 4.78 is 5.73. The molecule has 0 bridgehead atoms. The quantitative estimate of drug-likeness (QED) is 0.357. The van der Waals surface area contributed by atoms with Crippen LogP contribution in [0.25, 0.3) is 10.9 Å². The number of aromatic nitrogens is 2. The maximum absolute atomic E-state index is 12.9. The molecule has 0 aliphatic carbocycles. The van der Waals surface area contributed by atoms with E-state index in [-0.39, 0.29) is 5.91 Å². The number of amides is 1. The van der Waals surface area contributed by atoms with Crippen molar-refractivity contribution in [2.24, 2.45) is 0 Å². The first-order valence-electron chi connectivity index (χ1n) is 12.1. The van der Waals surface area contributed by atoms with Gasteiger partial charge in [-0.25, -0.2) is 4.98 Å². The number of carbonyl (C=O) groups is 1. The maximum Gasteiger partial charge on any atom is 0.251 e. The molecule has 7 nitrogen and oxygen atoms in total. The van der Waals surface area contributed by atoms with Gasteiger partial charge in [0.1, 0.15) is 17.9 Å². The molecule has 4 aromatic rings. The largest absolute Gasteiger partial charge is 0.492 e. The van der Waals surface area contributed by atoms with Gasteiger partial charge in [-0.15, -0.1) is 0 Å². The molecule has 7 heteroatoms. The second-order valence-electron chi connectivity index (χ2n) is 8.93. The zero-order valence-electron chi connectivity index (χ0n) is 21.6. The molecule has 4 rings (SSSR count). The minimum atomic E-state index is -0.149. The average Bonchev–Trinajstić information content (AvgIpc) is 2.91. The number of nitrogens with zero attached hydrogens (tertiary/aromatic N) is 3. The summed E-state index contributed by atoms with van der Waals surface area (Å²) in [7, 11) is 5.84. The molecule has 0 aliphatic heterocycles. The van der Waals surface area contributed by atoms with Crippen molar-refractivity contribution in [2.45, 2.75) is 13.5 Å². The molecule has 0 saturated heterocycles. The number of anilines is 1. The molecule has 188 valence electrons. The number of rotatable bonds is 8. The van der Waals surface area contributed by atoms with Gasteiger partial charge in [-0.1, -0.05) is 30.0 Å². The summed E-state index contributed by atoms with van der Waals surface area (Å²) in [6.45, 7) is 3.89. The van der Waals surface area contributed by atoms with E-state index in [0.29, 0.717) is 24.5 Å². The van der Waals surface area contributed by atoms with E-state index in [1.165, 1.54) is 0 Å². The van der Waals surface area contributed by atoms with Gasteiger partial charge in [-0.2, -0.15) is 0 Å². The van der Waals surface area contributed by atoms with Gasteiger partial charge in [0.15, 0.2) is 5.82 Å². The monoisotopic (exact) mass is 493 g/mol. The van der Waals surface area contributed by atoms with Crippen molar-refractivity contribution in [1.82, 2.24) is 20.2 Å². The van der Waals surface area contributed by atoms with Crippen LogP contribution in [0.3, 0.4) is 0 Å². The number of hydrogen-bond donors (Lipinski definition) is 2. The maximum atomic E-state index is 12.9. The Balaban J connectivity index is 1.44. The lowest BCUT2D eigenvalue weighted by molar-refractivity contribution is 0.0951. The third-order valence-corrected chi connectivity index (χ3v) is 5.90. The Hall–Kier alpha value is -4.41. The van der Waals surface area contributed by atoms with Crippen molar-refractivity contribution in [2.75, 3.05) is 39.6 Å². The van der Waals surface area contributed by atoms with E-state index >= 15 is 0 Å². The second kappa shape index (κ2) is 12.0. The summed E-state index contributed by atoms with van der Waals surface area (Å²) in [5.41, 5.74) is 4.91. The van der Waals surface area contributed by atoms with Crippen LogP contribution in [0, 0.1) is 18.8 Å². The van der Waals surface area contributed by atoms with Crippen LogP contribution < -0.4 is 15.4 Å².